The number of hydrogen-bond acceptors (Lipinski definition) is 4. The van der Waals surface area contributed by atoms with Gasteiger partial charge in [0.05, 0.1) is 4.47 Å². The van der Waals surface area contributed by atoms with Gasteiger partial charge in [-0.1, -0.05) is 0 Å². The quantitative estimate of drug-likeness (QED) is 0.833. The molecule has 0 unspecified atom stereocenters. The molecule has 2 N–H and O–H groups in total. The lowest BCUT2D eigenvalue weighted by Crippen LogP contribution is -2.30. The summed E-state index contributed by atoms with van der Waals surface area (Å²) >= 11 is 3.44. The van der Waals surface area contributed by atoms with Gasteiger partial charge in [0.1, 0.15) is 5.82 Å². The summed E-state index contributed by atoms with van der Waals surface area (Å²) in [5.41, 5.74) is 5.56. The molecule has 1 saturated heterocycles. The molecule has 1 fully saturated rings. The fourth-order valence-electron chi connectivity index (χ4n) is 1.70. The van der Waals surface area contributed by atoms with E-state index >= 15 is 0 Å². The molecule has 4 nitrogen and oxygen atoms in total. The average molecular weight is 257 g/mol. The SMILES string of the molecule is Nc1ncc(Br)c(N2CCCCC2)n1. The molecule has 0 bridgehead atoms. The summed E-state index contributed by atoms with van der Waals surface area (Å²) in [5, 5.41) is 0. The van der Waals surface area contributed by atoms with Crippen molar-refractivity contribution in [1.82, 2.24) is 9.97 Å². The Morgan fingerprint density at radius 3 is 2.71 bits per heavy atom. The van der Waals surface area contributed by atoms with Gasteiger partial charge in [0.15, 0.2) is 0 Å². The van der Waals surface area contributed by atoms with Gasteiger partial charge < -0.3 is 10.6 Å². The number of piperidine rings is 1. The summed E-state index contributed by atoms with van der Waals surface area (Å²) in [4.78, 5) is 10.4. The summed E-state index contributed by atoms with van der Waals surface area (Å²) in [6.07, 6.45) is 5.49. The van der Waals surface area contributed by atoms with E-state index in [1.165, 1.54) is 19.3 Å². The monoisotopic (exact) mass is 256 g/mol. The highest BCUT2D eigenvalue weighted by molar-refractivity contribution is 9.10. The van der Waals surface area contributed by atoms with E-state index in [1.807, 2.05) is 0 Å². The summed E-state index contributed by atoms with van der Waals surface area (Å²) in [5.74, 6) is 1.27. The van der Waals surface area contributed by atoms with E-state index in [2.05, 4.69) is 30.8 Å². The van der Waals surface area contributed by atoms with Crippen LogP contribution in [-0.2, 0) is 0 Å². The second kappa shape index (κ2) is 4.13. The van der Waals surface area contributed by atoms with E-state index < -0.39 is 0 Å². The molecule has 0 aromatic carbocycles. The minimum Gasteiger partial charge on any atom is -0.368 e. The standard InChI is InChI=1S/C9H13BrN4/c10-7-6-12-9(11)13-8(7)14-4-2-1-3-5-14/h6H,1-5H2,(H2,11,12,13). The molecule has 0 amide bonds. The first kappa shape index (κ1) is 9.71. The molecule has 0 saturated carbocycles. The van der Waals surface area contributed by atoms with Crippen LogP contribution >= 0.6 is 15.9 Å². The van der Waals surface area contributed by atoms with Crippen LogP contribution < -0.4 is 10.6 Å². The molecular weight excluding hydrogens is 244 g/mol. The van der Waals surface area contributed by atoms with Gasteiger partial charge in [-0.05, 0) is 35.2 Å². The van der Waals surface area contributed by atoms with E-state index in [4.69, 9.17) is 5.73 Å². The lowest BCUT2D eigenvalue weighted by Gasteiger charge is -2.28. The Morgan fingerprint density at radius 1 is 1.29 bits per heavy atom. The average Bonchev–Trinajstić information content (AvgIpc) is 2.23. The van der Waals surface area contributed by atoms with Gasteiger partial charge in [0, 0.05) is 19.3 Å². The molecule has 1 aliphatic rings. The summed E-state index contributed by atoms with van der Waals surface area (Å²) in [7, 11) is 0. The third-order valence-corrected chi connectivity index (χ3v) is 2.96. The van der Waals surface area contributed by atoms with Gasteiger partial charge >= 0.3 is 0 Å². The fraction of sp³-hybridized carbons (Fsp3) is 0.556. The first-order valence-electron chi connectivity index (χ1n) is 4.80. The van der Waals surface area contributed by atoms with Gasteiger partial charge in [-0.15, -0.1) is 0 Å². The van der Waals surface area contributed by atoms with Crippen molar-refractivity contribution in [1.29, 1.82) is 0 Å². The molecule has 76 valence electrons. The molecule has 0 atom stereocenters. The van der Waals surface area contributed by atoms with E-state index in [-0.39, 0.29) is 0 Å². The largest absolute Gasteiger partial charge is 0.368 e. The van der Waals surface area contributed by atoms with E-state index in [0.717, 1.165) is 23.4 Å². The number of hydrogen-bond donors (Lipinski definition) is 1. The first-order chi connectivity index (χ1) is 6.77. The zero-order valence-electron chi connectivity index (χ0n) is 7.91. The Labute approximate surface area is 91.7 Å². The van der Waals surface area contributed by atoms with Crippen LogP contribution in [0.15, 0.2) is 10.7 Å². The number of rotatable bonds is 1. The van der Waals surface area contributed by atoms with Crippen molar-refractivity contribution in [2.75, 3.05) is 23.7 Å². The highest BCUT2D eigenvalue weighted by Gasteiger charge is 2.15. The second-order valence-corrected chi connectivity index (χ2v) is 4.30. The summed E-state index contributed by atoms with van der Waals surface area (Å²) in [6, 6.07) is 0. The van der Waals surface area contributed by atoms with Crippen LogP contribution in [0.25, 0.3) is 0 Å². The molecule has 1 aliphatic heterocycles. The van der Waals surface area contributed by atoms with Crippen LogP contribution in [0.2, 0.25) is 0 Å². The second-order valence-electron chi connectivity index (χ2n) is 3.45. The Bertz CT molecular complexity index is 323. The smallest absolute Gasteiger partial charge is 0.222 e. The number of nitrogen functional groups attached to an aromatic ring is 1. The maximum absolute atomic E-state index is 5.56. The first-order valence-corrected chi connectivity index (χ1v) is 5.59. The van der Waals surface area contributed by atoms with Crippen LogP contribution in [0.3, 0.4) is 0 Å². The van der Waals surface area contributed by atoms with E-state index in [9.17, 15) is 0 Å². The predicted octanol–water partition coefficient (Wildman–Crippen LogP) is 1.81. The summed E-state index contributed by atoms with van der Waals surface area (Å²) in [6.45, 7) is 2.13. The molecule has 14 heavy (non-hydrogen) atoms. The minimum absolute atomic E-state index is 0.341. The number of aromatic nitrogens is 2. The van der Waals surface area contributed by atoms with E-state index in [0.29, 0.717) is 5.95 Å². The Hall–Kier alpha value is -0.840. The van der Waals surface area contributed by atoms with Crippen molar-refractivity contribution >= 4 is 27.7 Å². The van der Waals surface area contributed by atoms with Crippen LogP contribution in [0.1, 0.15) is 19.3 Å². The van der Waals surface area contributed by atoms with Crippen molar-refractivity contribution in [2.24, 2.45) is 0 Å². The van der Waals surface area contributed by atoms with Crippen molar-refractivity contribution in [3.63, 3.8) is 0 Å². The predicted molar refractivity (Wildman–Crippen MR) is 60.2 cm³/mol. The topological polar surface area (TPSA) is 55.0 Å². The molecule has 0 radical (unpaired) electrons. The molecule has 5 heteroatoms. The lowest BCUT2D eigenvalue weighted by atomic mass is 10.1. The van der Waals surface area contributed by atoms with Gasteiger partial charge in [0.25, 0.3) is 0 Å². The Morgan fingerprint density at radius 2 is 2.00 bits per heavy atom. The maximum Gasteiger partial charge on any atom is 0.222 e. The molecule has 1 aromatic rings. The maximum atomic E-state index is 5.56. The molecule has 0 spiro atoms. The Kier molecular flexibility index (Phi) is 2.86. The third-order valence-electron chi connectivity index (χ3n) is 2.40. The fourth-order valence-corrected chi connectivity index (χ4v) is 2.14. The summed E-state index contributed by atoms with van der Waals surface area (Å²) < 4.78 is 0.925. The number of anilines is 2. The zero-order valence-corrected chi connectivity index (χ0v) is 9.50. The van der Waals surface area contributed by atoms with Gasteiger partial charge in [0.2, 0.25) is 5.95 Å². The zero-order chi connectivity index (χ0) is 9.97. The van der Waals surface area contributed by atoms with Gasteiger partial charge in [-0.25, -0.2) is 4.98 Å². The number of nitrogens with two attached hydrogens (primary N) is 1. The van der Waals surface area contributed by atoms with Crippen molar-refractivity contribution < 1.29 is 0 Å². The van der Waals surface area contributed by atoms with Crippen LogP contribution in [-0.4, -0.2) is 23.1 Å². The van der Waals surface area contributed by atoms with Gasteiger partial charge in [-0.2, -0.15) is 4.98 Å². The molecule has 1 aromatic heterocycles. The van der Waals surface area contributed by atoms with Crippen LogP contribution in [0.4, 0.5) is 11.8 Å². The third kappa shape index (κ3) is 1.97. The number of nitrogens with zero attached hydrogens (tertiary/aromatic N) is 3. The molecular formula is C9H13BrN4. The molecule has 0 aliphatic carbocycles. The van der Waals surface area contributed by atoms with Crippen molar-refractivity contribution in [2.45, 2.75) is 19.3 Å². The Balaban J connectivity index is 2.24. The highest BCUT2D eigenvalue weighted by Crippen LogP contribution is 2.26. The highest BCUT2D eigenvalue weighted by atomic mass is 79.9. The number of halogens is 1. The van der Waals surface area contributed by atoms with Crippen LogP contribution in [0, 0.1) is 0 Å². The van der Waals surface area contributed by atoms with Crippen LogP contribution in [0.5, 0.6) is 0 Å². The van der Waals surface area contributed by atoms with Gasteiger partial charge in [-0.3, -0.25) is 0 Å². The minimum atomic E-state index is 0.341. The van der Waals surface area contributed by atoms with Crippen molar-refractivity contribution in [3.05, 3.63) is 10.7 Å². The lowest BCUT2D eigenvalue weighted by molar-refractivity contribution is 0.572. The van der Waals surface area contributed by atoms with Crippen molar-refractivity contribution in [3.8, 4) is 0 Å². The van der Waals surface area contributed by atoms with E-state index in [1.54, 1.807) is 6.20 Å². The molecule has 2 heterocycles. The molecule has 2 rings (SSSR count). The normalized spacial score (nSPS) is 17.1.